The first-order valence-corrected chi connectivity index (χ1v) is 6.28. The van der Waals surface area contributed by atoms with Crippen LogP contribution in [-0.2, 0) is 0 Å². The molecule has 21 heavy (non-hydrogen) atoms. The highest BCUT2D eigenvalue weighted by Crippen LogP contribution is 2.26. The van der Waals surface area contributed by atoms with Gasteiger partial charge in [0, 0.05) is 11.1 Å². The molecular weight excluding hydrogens is 299 g/mol. The molecule has 0 unspecified atom stereocenters. The Bertz CT molecular complexity index is 734. The first kappa shape index (κ1) is 14.9. The van der Waals surface area contributed by atoms with Gasteiger partial charge in [0.2, 0.25) is 0 Å². The predicted molar refractivity (Wildman–Crippen MR) is 77.2 cm³/mol. The Kier molecular flexibility index (Phi) is 4.18. The molecule has 0 saturated heterocycles. The minimum atomic E-state index is -0.761. The van der Waals surface area contributed by atoms with Crippen molar-refractivity contribution in [2.45, 2.75) is 6.92 Å². The Balaban J connectivity index is 2.32. The Morgan fingerprint density at radius 1 is 1.33 bits per heavy atom. The summed E-state index contributed by atoms with van der Waals surface area (Å²) in [7, 11) is 0. The number of nitro benzene ring substituents is 1. The zero-order chi connectivity index (χ0) is 15.6. The fourth-order valence-electron chi connectivity index (χ4n) is 1.82. The molecule has 0 fully saturated rings. The number of hydrogen-bond donors (Lipinski definition) is 1. The number of rotatable bonds is 3. The van der Waals surface area contributed by atoms with Gasteiger partial charge in [-0.2, -0.15) is 0 Å². The molecule has 0 aliphatic carbocycles. The molecule has 1 N–H and O–H groups in total. The number of nitrogens with one attached hydrogen (secondary N) is 1. The molecule has 7 heteroatoms. The molecule has 0 saturated carbocycles. The summed E-state index contributed by atoms with van der Waals surface area (Å²) >= 11 is 5.62. The SMILES string of the molecule is Cc1c(NC(=O)c2ccc(Cl)cc2F)cccc1[N+](=O)[O-]. The van der Waals surface area contributed by atoms with Gasteiger partial charge in [-0.15, -0.1) is 0 Å². The molecule has 0 spiro atoms. The number of carbonyl (C=O) groups excluding carboxylic acids is 1. The Labute approximate surface area is 124 Å². The maximum Gasteiger partial charge on any atom is 0.274 e. The van der Waals surface area contributed by atoms with E-state index in [2.05, 4.69) is 5.32 Å². The summed E-state index contributed by atoms with van der Waals surface area (Å²) in [4.78, 5) is 22.3. The van der Waals surface area contributed by atoms with Gasteiger partial charge in [-0.1, -0.05) is 17.7 Å². The molecule has 2 aromatic rings. The minimum absolute atomic E-state index is 0.121. The average molecular weight is 309 g/mol. The number of halogens is 2. The van der Waals surface area contributed by atoms with E-state index in [1.54, 1.807) is 0 Å². The second-order valence-electron chi connectivity index (χ2n) is 4.29. The third kappa shape index (κ3) is 3.17. The molecule has 5 nitrogen and oxygen atoms in total. The number of amides is 1. The van der Waals surface area contributed by atoms with E-state index in [-0.39, 0.29) is 22.0 Å². The Morgan fingerprint density at radius 3 is 2.67 bits per heavy atom. The van der Waals surface area contributed by atoms with Crippen molar-refractivity contribution in [3.8, 4) is 0 Å². The second kappa shape index (κ2) is 5.88. The smallest absolute Gasteiger partial charge is 0.274 e. The predicted octanol–water partition coefficient (Wildman–Crippen LogP) is 3.95. The van der Waals surface area contributed by atoms with Crippen LogP contribution in [-0.4, -0.2) is 10.8 Å². The van der Waals surface area contributed by atoms with E-state index < -0.39 is 16.6 Å². The maximum absolute atomic E-state index is 13.7. The average Bonchev–Trinajstić information content (AvgIpc) is 2.40. The highest BCUT2D eigenvalue weighted by atomic mass is 35.5. The lowest BCUT2D eigenvalue weighted by Crippen LogP contribution is -2.14. The van der Waals surface area contributed by atoms with Gasteiger partial charge in [-0.25, -0.2) is 4.39 Å². The number of hydrogen-bond acceptors (Lipinski definition) is 3. The molecule has 1 amide bonds. The monoisotopic (exact) mass is 308 g/mol. The van der Waals surface area contributed by atoms with Crippen LogP contribution in [0.4, 0.5) is 15.8 Å². The van der Waals surface area contributed by atoms with Crippen LogP contribution in [0.15, 0.2) is 36.4 Å². The molecule has 0 heterocycles. The molecule has 108 valence electrons. The lowest BCUT2D eigenvalue weighted by atomic mass is 10.1. The van der Waals surface area contributed by atoms with Crippen molar-refractivity contribution in [2.24, 2.45) is 0 Å². The van der Waals surface area contributed by atoms with Crippen molar-refractivity contribution in [3.63, 3.8) is 0 Å². The topological polar surface area (TPSA) is 72.2 Å². The van der Waals surface area contributed by atoms with Crippen LogP contribution in [0.25, 0.3) is 0 Å². The number of nitrogens with zero attached hydrogens (tertiary/aromatic N) is 1. The molecule has 0 aliphatic heterocycles. The van der Waals surface area contributed by atoms with Gasteiger partial charge in [0.05, 0.1) is 21.7 Å². The summed E-state index contributed by atoms with van der Waals surface area (Å²) in [6.45, 7) is 1.51. The second-order valence-corrected chi connectivity index (χ2v) is 4.72. The van der Waals surface area contributed by atoms with Gasteiger partial charge >= 0.3 is 0 Å². The zero-order valence-corrected chi connectivity index (χ0v) is 11.6. The Hall–Kier alpha value is -2.47. The Morgan fingerprint density at radius 2 is 2.05 bits per heavy atom. The van der Waals surface area contributed by atoms with Crippen LogP contribution in [0.1, 0.15) is 15.9 Å². The van der Waals surface area contributed by atoms with Crippen molar-refractivity contribution in [2.75, 3.05) is 5.32 Å². The first-order valence-electron chi connectivity index (χ1n) is 5.90. The fourth-order valence-corrected chi connectivity index (χ4v) is 1.98. The highest BCUT2D eigenvalue weighted by Gasteiger charge is 2.17. The molecular formula is C14H10ClFN2O3. The van der Waals surface area contributed by atoms with Gasteiger partial charge in [-0.3, -0.25) is 14.9 Å². The summed E-state index contributed by atoms with van der Waals surface area (Å²) in [5.74, 6) is -1.46. The molecule has 0 aliphatic rings. The lowest BCUT2D eigenvalue weighted by molar-refractivity contribution is -0.385. The summed E-state index contributed by atoms with van der Waals surface area (Å²) in [6.07, 6.45) is 0. The van der Waals surface area contributed by atoms with E-state index in [4.69, 9.17) is 11.6 Å². The van der Waals surface area contributed by atoms with Crippen LogP contribution in [0, 0.1) is 22.9 Å². The highest BCUT2D eigenvalue weighted by molar-refractivity contribution is 6.30. The summed E-state index contributed by atoms with van der Waals surface area (Å²) in [5, 5.41) is 13.5. The van der Waals surface area contributed by atoms with E-state index in [0.717, 1.165) is 6.07 Å². The van der Waals surface area contributed by atoms with Crippen molar-refractivity contribution in [1.29, 1.82) is 0 Å². The van der Waals surface area contributed by atoms with Crippen LogP contribution in [0.5, 0.6) is 0 Å². The van der Waals surface area contributed by atoms with E-state index in [1.807, 2.05) is 0 Å². The van der Waals surface area contributed by atoms with E-state index >= 15 is 0 Å². The zero-order valence-electron chi connectivity index (χ0n) is 10.9. The normalized spacial score (nSPS) is 10.2. The number of carbonyl (C=O) groups is 1. The molecule has 0 bridgehead atoms. The van der Waals surface area contributed by atoms with Crippen molar-refractivity contribution in [3.05, 3.63) is 68.5 Å². The summed E-state index contributed by atoms with van der Waals surface area (Å²) in [5.41, 5.74) is 0.239. The molecule has 2 rings (SSSR count). The van der Waals surface area contributed by atoms with Crippen LogP contribution in [0.2, 0.25) is 5.02 Å². The van der Waals surface area contributed by atoms with Gasteiger partial charge < -0.3 is 5.32 Å². The number of anilines is 1. The van der Waals surface area contributed by atoms with Crippen LogP contribution >= 0.6 is 11.6 Å². The first-order chi connectivity index (χ1) is 9.90. The quantitative estimate of drug-likeness (QED) is 0.689. The van der Waals surface area contributed by atoms with Crippen molar-refractivity contribution in [1.82, 2.24) is 0 Å². The van der Waals surface area contributed by atoms with Crippen LogP contribution < -0.4 is 5.32 Å². The minimum Gasteiger partial charge on any atom is -0.321 e. The van der Waals surface area contributed by atoms with E-state index in [0.29, 0.717) is 5.56 Å². The summed E-state index contributed by atoms with van der Waals surface area (Å²) in [6, 6.07) is 7.94. The lowest BCUT2D eigenvalue weighted by Gasteiger charge is -2.09. The molecule has 2 aromatic carbocycles. The summed E-state index contributed by atoms with van der Waals surface area (Å²) < 4.78 is 13.7. The molecule has 0 aromatic heterocycles. The molecule has 0 atom stereocenters. The van der Waals surface area contributed by atoms with Gasteiger partial charge in [-0.05, 0) is 31.2 Å². The van der Waals surface area contributed by atoms with Gasteiger partial charge in [0.1, 0.15) is 5.82 Å². The maximum atomic E-state index is 13.7. The number of nitro groups is 1. The van der Waals surface area contributed by atoms with E-state index in [1.165, 1.54) is 37.3 Å². The van der Waals surface area contributed by atoms with Crippen molar-refractivity contribution < 1.29 is 14.1 Å². The molecule has 0 radical (unpaired) electrons. The number of benzene rings is 2. The van der Waals surface area contributed by atoms with E-state index in [9.17, 15) is 19.3 Å². The van der Waals surface area contributed by atoms with Crippen LogP contribution in [0.3, 0.4) is 0 Å². The largest absolute Gasteiger partial charge is 0.321 e. The third-order valence-corrected chi connectivity index (χ3v) is 3.16. The van der Waals surface area contributed by atoms with Crippen molar-refractivity contribution >= 4 is 28.9 Å². The van der Waals surface area contributed by atoms with Gasteiger partial charge in [0.15, 0.2) is 0 Å². The fraction of sp³-hybridized carbons (Fsp3) is 0.0714. The third-order valence-electron chi connectivity index (χ3n) is 2.93. The standard InChI is InChI=1S/C14H10ClFN2O3/c1-8-12(3-2-4-13(8)18(20)21)17-14(19)10-6-5-9(15)7-11(10)16/h2-7H,1H3,(H,17,19). The van der Waals surface area contributed by atoms with Gasteiger partial charge in [0.25, 0.3) is 11.6 Å².